The number of likely N-dealkylation sites (tertiary alicyclic amines) is 1. The van der Waals surface area contributed by atoms with E-state index in [-0.39, 0.29) is 11.9 Å². The number of thiazole rings is 1. The van der Waals surface area contributed by atoms with Crippen molar-refractivity contribution in [1.82, 2.24) is 20.0 Å². The Kier molecular flexibility index (Phi) is 5.23. The molecule has 0 radical (unpaired) electrons. The Morgan fingerprint density at radius 3 is 2.83 bits per heavy atom. The summed E-state index contributed by atoms with van der Waals surface area (Å²) in [5.74, 6) is 1.06. The Labute approximate surface area is 182 Å². The SMILES string of the molecule is O=C(CCc1nc(-c2ccc(Cl)cc2)no1)N1CCC[C@H]1c1nc2ccccc2s1. The minimum Gasteiger partial charge on any atom is -0.339 e. The second-order valence-electron chi connectivity index (χ2n) is 7.28. The van der Waals surface area contributed by atoms with Gasteiger partial charge < -0.3 is 9.42 Å². The molecular weight excluding hydrogens is 420 g/mol. The summed E-state index contributed by atoms with van der Waals surface area (Å²) in [4.78, 5) is 24.1. The normalized spacial score (nSPS) is 16.4. The van der Waals surface area contributed by atoms with Crippen molar-refractivity contribution in [3.63, 3.8) is 0 Å². The number of amides is 1. The van der Waals surface area contributed by atoms with E-state index in [9.17, 15) is 4.79 Å². The number of para-hydroxylation sites is 1. The van der Waals surface area contributed by atoms with E-state index in [4.69, 9.17) is 21.1 Å². The lowest BCUT2D eigenvalue weighted by atomic mass is 10.2. The van der Waals surface area contributed by atoms with Crippen molar-refractivity contribution in [3.8, 4) is 11.4 Å². The fraction of sp³-hybridized carbons (Fsp3) is 0.273. The molecule has 1 atom stereocenters. The number of hydrogen-bond donors (Lipinski definition) is 0. The number of aromatic nitrogens is 3. The highest BCUT2D eigenvalue weighted by Gasteiger charge is 2.32. The zero-order chi connectivity index (χ0) is 20.5. The molecule has 152 valence electrons. The van der Waals surface area contributed by atoms with Gasteiger partial charge in [0.25, 0.3) is 0 Å². The van der Waals surface area contributed by atoms with Gasteiger partial charge in [0, 0.05) is 30.0 Å². The van der Waals surface area contributed by atoms with Crippen LogP contribution in [0.2, 0.25) is 5.02 Å². The highest BCUT2D eigenvalue weighted by atomic mass is 35.5. The maximum Gasteiger partial charge on any atom is 0.227 e. The number of carbonyl (C=O) groups is 1. The molecule has 6 nitrogen and oxygen atoms in total. The molecule has 0 bridgehead atoms. The molecule has 1 aliphatic rings. The maximum atomic E-state index is 12.9. The summed E-state index contributed by atoms with van der Waals surface area (Å²) in [6.07, 6.45) is 2.70. The van der Waals surface area contributed by atoms with Crippen LogP contribution in [-0.2, 0) is 11.2 Å². The molecule has 2 aromatic carbocycles. The lowest BCUT2D eigenvalue weighted by Gasteiger charge is -2.22. The number of halogens is 1. The molecule has 2 aromatic heterocycles. The van der Waals surface area contributed by atoms with Gasteiger partial charge >= 0.3 is 0 Å². The molecule has 1 saturated heterocycles. The Morgan fingerprint density at radius 2 is 2.00 bits per heavy atom. The molecule has 0 aliphatic carbocycles. The third-order valence-electron chi connectivity index (χ3n) is 5.29. The standard InChI is InChI=1S/C22H19ClN4O2S/c23-15-9-7-14(8-10-15)21-25-19(29-26-21)11-12-20(28)27-13-3-5-17(27)22-24-16-4-1-2-6-18(16)30-22/h1-2,4,6-10,17H,3,5,11-13H2/t17-/m0/s1. The topological polar surface area (TPSA) is 72.1 Å². The predicted octanol–water partition coefficient (Wildman–Crippen LogP) is 5.30. The van der Waals surface area contributed by atoms with Gasteiger partial charge in [0.1, 0.15) is 5.01 Å². The molecule has 1 amide bonds. The molecular formula is C22H19ClN4O2S. The highest BCUT2D eigenvalue weighted by Crippen LogP contribution is 2.36. The monoisotopic (exact) mass is 438 g/mol. The number of benzene rings is 2. The second kappa shape index (κ2) is 8.16. The second-order valence-corrected chi connectivity index (χ2v) is 8.78. The number of carbonyl (C=O) groups excluding carboxylic acids is 1. The first-order chi connectivity index (χ1) is 14.7. The zero-order valence-electron chi connectivity index (χ0n) is 16.1. The van der Waals surface area contributed by atoms with Gasteiger partial charge in [0.05, 0.1) is 16.3 Å². The van der Waals surface area contributed by atoms with E-state index in [2.05, 4.69) is 16.2 Å². The molecule has 0 unspecified atom stereocenters. The summed E-state index contributed by atoms with van der Waals surface area (Å²) in [7, 11) is 0. The zero-order valence-corrected chi connectivity index (χ0v) is 17.7. The van der Waals surface area contributed by atoms with Crippen LogP contribution in [0.15, 0.2) is 53.1 Å². The molecule has 8 heteroatoms. The van der Waals surface area contributed by atoms with Gasteiger partial charge in [0.2, 0.25) is 17.6 Å². The minimum absolute atomic E-state index is 0.0576. The van der Waals surface area contributed by atoms with E-state index in [0.29, 0.717) is 29.6 Å². The van der Waals surface area contributed by atoms with Crippen molar-refractivity contribution >= 4 is 39.1 Å². The Morgan fingerprint density at radius 1 is 1.17 bits per heavy atom. The van der Waals surface area contributed by atoms with Crippen LogP contribution < -0.4 is 0 Å². The van der Waals surface area contributed by atoms with Gasteiger partial charge in [-0.25, -0.2) is 4.98 Å². The van der Waals surface area contributed by atoms with Crippen molar-refractivity contribution < 1.29 is 9.32 Å². The van der Waals surface area contributed by atoms with E-state index < -0.39 is 0 Å². The molecule has 3 heterocycles. The highest BCUT2D eigenvalue weighted by molar-refractivity contribution is 7.18. The van der Waals surface area contributed by atoms with Gasteiger partial charge in [-0.05, 0) is 49.2 Å². The quantitative estimate of drug-likeness (QED) is 0.423. The molecule has 0 saturated carbocycles. The third-order valence-corrected chi connectivity index (χ3v) is 6.68. The van der Waals surface area contributed by atoms with E-state index in [1.54, 1.807) is 23.5 Å². The Balaban J connectivity index is 1.25. The third kappa shape index (κ3) is 3.82. The van der Waals surface area contributed by atoms with Gasteiger partial charge in [-0.2, -0.15) is 4.98 Å². The fourth-order valence-electron chi connectivity index (χ4n) is 3.78. The van der Waals surface area contributed by atoms with Crippen LogP contribution in [0.25, 0.3) is 21.6 Å². The van der Waals surface area contributed by atoms with Crippen LogP contribution in [0.3, 0.4) is 0 Å². The first-order valence-electron chi connectivity index (χ1n) is 9.91. The lowest BCUT2D eigenvalue weighted by molar-refractivity contribution is -0.132. The number of nitrogens with zero attached hydrogens (tertiary/aromatic N) is 4. The van der Waals surface area contributed by atoms with E-state index in [1.807, 2.05) is 35.2 Å². The summed E-state index contributed by atoms with van der Waals surface area (Å²) in [5, 5.41) is 5.69. The molecule has 1 aliphatic heterocycles. The van der Waals surface area contributed by atoms with Crippen LogP contribution in [0, 0.1) is 0 Å². The van der Waals surface area contributed by atoms with Crippen molar-refractivity contribution in [2.45, 2.75) is 31.7 Å². The van der Waals surface area contributed by atoms with Gasteiger partial charge in [0.15, 0.2) is 0 Å². The molecule has 1 fully saturated rings. The average Bonchev–Trinajstić information content (AvgIpc) is 3.51. The van der Waals surface area contributed by atoms with Crippen LogP contribution in [0.1, 0.15) is 36.2 Å². The molecule has 0 spiro atoms. The maximum absolute atomic E-state index is 12.9. The van der Waals surface area contributed by atoms with Gasteiger partial charge in [-0.3, -0.25) is 4.79 Å². The summed E-state index contributed by atoms with van der Waals surface area (Å²) < 4.78 is 6.50. The Hall–Kier alpha value is -2.77. The fourth-order valence-corrected chi connectivity index (χ4v) is 5.03. The van der Waals surface area contributed by atoms with Crippen molar-refractivity contribution in [2.24, 2.45) is 0 Å². The first kappa shape index (κ1) is 19.2. The van der Waals surface area contributed by atoms with Crippen molar-refractivity contribution in [2.75, 3.05) is 6.54 Å². The van der Waals surface area contributed by atoms with Crippen LogP contribution in [0.5, 0.6) is 0 Å². The van der Waals surface area contributed by atoms with Crippen molar-refractivity contribution in [3.05, 3.63) is 64.5 Å². The minimum atomic E-state index is 0.0576. The molecule has 5 rings (SSSR count). The Bertz CT molecular complexity index is 1150. The predicted molar refractivity (Wildman–Crippen MR) is 116 cm³/mol. The van der Waals surface area contributed by atoms with Gasteiger partial charge in [-0.1, -0.05) is 28.9 Å². The van der Waals surface area contributed by atoms with Gasteiger partial charge in [-0.15, -0.1) is 11.3 Å². The van der Waals surface area contributed by atoms with E-state index in [1.165, 1.54) is 0 Å². The van der Waals surface area contributed by atoms with Crippen LogP contribution >= 0.6 is 22.9 Å². The summed E-state index contributed by atoms with van der Waals surface area (Å²) in [5.41, 5.74) is 1.83. The number of hydrogen-bond acceptors (Lipinski definition) is 6. The summed E-state index contributed by atoms with van der Waals surface area (Å²) in [6.45, 7) is 0.763. The first-order valence-corrected chi connectivity index (χ1v) is 11.1. The van der Waals surface area contributed by atoms with E-state index in [0.717, 1.165) is 40.2 Å². The number of fused-ring (bicyclic) bond motifs is 1. The summed E-state index contributed by atoms with van der Waals surface area (Å²) >= 11 is 7.60. The van der Waals surface area contributed by atoms with Crippen LogP contribution in [0.4, 0.5) is 0 Å². The summed E-state index contributed by atoms with van der Waals surface area (Å²) in [6, 6.07) is 15.4. The number of rotatable bonds is 5. The largest absolute Gasteiger partial charge is 0.339 e. The van der Waals surface area contributed by atoms with Crippen LogP contribution in [-0.4, -0.2) is 32.5 Å². The molecule has 4 aromatic rings. The number of aryl methyl sites for hydroxylation is 1. The molecule has 0 N–H and O–H groups in total. The average molecular weight is 439 g/mol. The van der Waals surface area contributed by atoms with E-state index >= 15 is 0 Å². The lowest BCUT2D eigenvalue weighted by Crippen LogP contribution is -2.30. The molecule has 30 heavy (non-hydrogen) atoms. The smallest absolute Gasteiger partial charge is 0.227 e. The van der Waals surface area contributed by atoms with Crippen molar-refractivity contribution in [1.29, 1.82) is 0 Å².